The van der Waals surface area contributed by atoms with Crippen molar-refractivity contribution in [1.82, 2.24) is 50.6 Å². The number of aliphatic hydroxyl groups is 1. The van der Waals surface area contributed by atoms with Gasteiger partial charge >= 0.3 is 5.97 Å². The molecule has 1 aromatic carbocycles. The van der Waals surface area contributed by atoms with Crippen LogP contribution in [0.2, 0.25) is 0 Å². The lowest BCUT2D eigenvalue weighted by molar-refractivity contribution is -0.172. The summed E-state index contributed by atoms with van der Waals surface area (Å²) < 4.78 is 47.1. The number of unbranched alkanes of at least 4 members (excludes halogenated alkanes) is 2. The Morgan fingerprint density at radius 2 is 1.65 bits per heavy atom. The predicted molar refractivity (Wildman–Crippen MR) is 290 cm³/mol. The van der Waals surface area contributed by atoms with Gasteiger partial charge < -0.3 is 59.7 Å². The maximum atomic E-state index is 14.0. The van der Waals surface area contributed by atoms with E-state index in [1.807, 2.05) is 32.0 Å². The zero-order valence-corrected chi connectivity index (χ0v) is 47.0. The molecule has 0 bridgehead atoms. The van der Waals surface area contributed by atoms with E-state index >= 15 is 0 Å². The highest BCUT2D eigenvalue weighted by molar-refractivity contribution is 7.90. The Hall–Kier alpha value is -7.53. The zero-order chi connectivity index (χ0) is 57.9. The minimum atomic E-state index is -3.55. The summed E-state index contributed by atoms with van der Waals surface area (Å²) in [6, 6.07) is 3.25. The molecule has 5 amide bonds. The molecule has 4 aromatic rings. The summed E-state index contributed by atoms with van der Waals surface area (Å²) in [6.07, 6.45) is 6.89. The van der Waals surface area contributed by atoms with Gasteiger partial charge in [-0.3, -0.25) is 28.8 Å². The van der Waals surface area contributed by atoms with Crippen LogP contribution in [0.4, 0.5) is 0 Å². The Morgan fingerprint density at radius 3 is 2.34 bits per heavy atom. The summed E-state index contributed by atoms with van der Waals surface area (Å²) in [7, 11) is 0.300. The SMILES string of the molecule is CCCN(CCc1c2c(nc3cc4c(cc13)OCO4)-c1cc3c(c(=O)n1C2)COC(=O)[C@]3(O)CC)C(=O)COCNC(=O)CNC(=O)[C@H](CCCCN(C)C)NC(=O)[C@@H](NC(=O)CCCC#Cc1cnc(S(C)(=O)=O)nc1)C(C)C. The summed E-state index contributed by atoms with van der Waals surface area (Å²) in [4.78, 5) is 110. The van der Waals surface area contributed by atoms with E-state index in [0.717, 1.165) is 35.7 Å². The molecule has 3 aromatic heterocycles. The number of hydrogen-bond acceptors (Lipinski definition) is 18. The minimum absolute atomic E-state index is 0.00610. The van der Waals surface area contributed by atoms with E-state index in [2.05, 4.69) is 43.1 Å². The molecule has 0 unspecified atom stereocenters. The van der Waals surface area contributed by atoms with Crippen LogP contribution >= 0.6 is 0 Å². The Morgan fingerprint density at radius 1 is 0.912 bits per heavy atom. The Kier molecular flexibility index (Phi) is 20.0. The van der Waals surface area contributed by atoms with Crippen molar-refractivity contribution < 1.29 is 61.2 Å². The fourth-order valence-corrected chi connectivity index (χ4v) is 10.1. The van der Waals surface area contributed by atoms with Gasteiger partial charge in [-0.1, -0.05) is 39.5 Å². The van der Waals surface area contributed by atoms with Crippen molar-refractivity contribution in [2.45, 2.75) is 121 Å². The molecule has 0 aliphatic carbocycles. The molecule has 24 nitrogen and oxygen atoms in total. The largest absolute Gasteiger partial charge is 0.458 e. The van der Waals surface area contributed by atoms with Crippen molar-refractivity contribution in [3.8, 4) is 34.7 Å². The summed E-state index contributed by atoms with van der Waals surface area (Å²) in [6.45, 7) is 7.19. The molecule has 0 saturated heterocycles. The highest BCUT2D eigenvalue weighted by atomic mass is 32.2. The molecule has 3 aliphatic rings. The second-order valence-electron chi connectivity index (χ2n) is 20.5. The first kappa shape index (κ1) is 60.1. The second-order valence-corrected chi connectivity index (χ2v) is 22.4. The van der Waals surface area contributed by atoms with E-state index in [9.17, 15) is 47.1 Å². The maximum Gasteiger partial charge on any atom is 0.343 e. The summed E-state index contributed by atoms with van der Waals surface area (Å²) in [5, 5.41) is 22.6. The van der Waals surface area contributed by atoms with Crippen molar-refractivity contribution in [1.29, 1.82) is 0 Å². The number of nitrogens with one attached hydrogen (secondary N) is 4. The van der Waals surface area contributed by atoms with Gasteiger partial charge in [-0.05, 0) is 89.2 Å². The number of cyclic esters (lactones) is 1. The predicted octanol–water partition coefficient (Wildman–Crippen LogP) is 1.57. The van der Waals surface area contributed by atoms with E-state index in [1.54, 1.807) is 42.4 Å². The molecule has 0 spiro atoms. The quantitative estimate of drug-likeness (QED) is 0.0173. The number of rotatable bonds is 26. The van der Waals surface area contributed by atoms with Crippen LogP contribution in [0.5, 0.6) is 11.5 Å². The number of sulfone groups is 1. The van der Waals surface area contributed by atoms with Crippen LogP contribution in [0.3, 0.4) is 0 Å². The van der Waals surface area contributed by atoms with Gasteiger partial charge in [-0.25, -0.2) is 28.2 Å². The number of carbonyl (C=O) groups is 6. The topological polar surface area (TPSA) is 309 Å². The van der Waals surface area contributed by atoms with Gasteiger partial charge in [0.1, 0.15) is 32.0 Å². The van der Waals surface area contributed by atoms with Gasteiger partial charge in [0.25, 0.3) is 5.56 Å². The number of pyridine rings is 2. The van der Waals surface area contributed by atoms with E-state index in [0.29, 0.717) is 72.6 Å². The van der Waals surface area contributed by atoms with Crippen LogP contribution in [0, 0.1) is 17.8 Å². The first-order valence-electron chi connectivity index (χ1n) is 26.7. The van der Waals surface area contributed by atoms with Gasteiger partial charge in [0, 0.05) is 67.2 Å². The fraction of sp³-hybridized carbons (Fsp3) is 0.527. The fourth-order valence-electron chi connectivity index (χ4n) is 9.59. The van der Waals surface area contributed by atoms with Crippen LogP contribution in [0.1, 0.15) is 107 Å². The van der Waals surface area contributed by atoms with Crippen molar-refractivity contribution in [2.24, 2.45) is 5.92 Å². The normalized spacial score (nSPS) is 15.7. The van der Waals surface area contributed by atoms with Crippen LogP contribution in [-0.4, -0.2) is 157 Å². The van der Waals surface area contributed by atoms with Crippen LogP contribution < -0.4 is 36.3 Å². The molecule has 6 heterocycles. The molecule has 3 atom stereocenters. The lowest BCUT2D eigenvalue weighted by atomic mass is 9.86. The van der Waals surface area contributed by atoms with Gasteiger partial charge in [-0.15, -0.1) is 0 Å². The van der Waals surface area contributed by atoms with E-state index in [4.69, 9.17) is 23.9 Å². The zero-order valence-electron chi connectivity index (χ0n) is 46.2. The number of nitrogens with zero attached hydrogens (tertiary/aromatic N) is 6. The van der Waals surface area contributed by atoms with Crippen molar-refractivity contribution in [3.05, 3.63) is 68.8 Å². The van der Waals surface area contributed by atoms with Crippen molar-refractivity contribution in [3.63, 3.8) is 0 Å². The smallest absolute Gasteiger partial charge is 0.343 e. The third-order valence-electron chi connectivity index (χ3n) is 13.9. The highest BCUT2D eigenvalue weighted by Crippen LogP contribution is 2.43. The van der Waals surface area contributed by atoms with Gasteiger partial charge in [0.05, 0.1) is 41.1 Å². The number of fused-ring (bicyclic) bond motifs is 6. The average Bonchev–Trinajstić information content (AvgIpc) is 4.05. The monoisotopic (exact) mass is 1130 g/mol. The summed E-state index contributed by atoms with van der Waals surface area (Å²) in [5.41, 5.74) is 1.45. The van der Waals surface area contributed by atoms with Gasteiger partial charge in [0.15, 0.2) is 17.1 Å². The lowest BCUT2D eigenvalue weighted by Gasteiger charge is -2.31. The van der Waals surface area contributed by atoms with E-state index in [-0.39, 0.29) is 93.1 Å². The molecule has 0 fully saturated rings. The number of aromatic nitrogens is 4. The van der Waals surface area contributed by atoms with Crippen LogP contribution in [-0.2, 0) is 73.3 Å². The van der Waals surface area contributed by atoms with E-state index < -0.39 is 63.3 Å². The molecule has 80 heavy (non-hydrogen) atoms. The molecule has 25 heteroatoms. The van der Waals surface area contributed by atoms with Gasteiger partial charge in [-0.2, -0.15) is 0 Å². The summed E-state index contributed by atoms with van der Waals surface area (Å²) in [5.74, 6) is 3.08. The number of esters is 1. The van der Waals surface area contributed by atoms with Crippen LogP contribution in [0.15, 0.2) is 40.5 Å². The third kappa shape index (κ3) is 14.4. The number of amides is 5. The van der Waals surface area contributed by atoms with E-state index in [1.165, 1.54) is 12.4 Å². The Balaban J connectivity index is 0.919. The molecule has 0 saturated carbocycles. The van der Waals surface area contributed by atoms with Crippen molar-refractivity contribution in [2.75, 3.05) is 66.7 Å². The van der Waals surface area contributed by atoms with Crippen LogP contribution in [0.25, 0.3) is 22.3 Å². The third-order valence-corrected chi connectivity index (χ3v) is 14.8. The van der Waals surface area contributed by atoms with Gasteiger partial charge in [0.2, 0.25) is 51.3 Å². The molecule has 5 N–H and O–H groups in total. The molecule has 430 valence electrons. The second kappa shape index (κ2) is 26.6. The molecule has 0 radical (unpaired) electrons. The van der Waals surface area contributed by atoms with Crippen molar-refractivity contribution >= 4 is 56.2 Å². The minimum Gasteiger partial charge on any atom is -0.458 e. The average molecular weight is 1130 g/mol. The maximum absolute atomic E-state index is 14.0. The summed E-state index contributed by atoms with van der Waals surface area (Å²) >= 11 is 0. The number of benzene rings is 1. The molecule has 3 aliphatic heterocycles. The molecular weight excluding hydrogens is 1060 g/mol. The number of carbonyl (C=O) groups excluding carboxylic acids is 6. The molecular formula is C55H70N10O14S. The highest BCUT2D eigenvalue weighted by Gasteiger charge is 2.45. The number of ether oxygens (including phenoxy) is 4. The first-order valence-corrected chi connectivity index (χ1v) is 28.6. The Labute approximate surface area is 464 Å². The lowest BCUT2D eigenvalue weighted by Crippen LogP contribution is -2.56. The number of hydrogen-bond donors (Lipinski definition) is 5. The molecule has 7 rings (SSSR count). The first-order chi connectivity index (χ1) is 38.1. The Bertz CT molecular complexity index is 3250. The standard InChI is InChI=1S/C55H70N10O14S/c1-8-19-64(21-18-35-36-22-43-44(79-32-78-43)24-41(36)60-49-37(35)28-65-42(49)23-39-38(52(65)71)29-77-53(72)55(39,73)9-2)47(68)30-76-31-59-46(67)27-56-50(69)40(16-13-14-20-63(5)6)61-51(70)48(33(3)4)62-45(66)17-12-10-11-15-34-25-57-54(58-26-34)80(7,74)75/h22-26,33,40,48,73H,8-10,12-14,16-21,27-32H2,1-7H3,(H,56,69)(H,59,67)(H,61,70)(H,62,66)/t40-,48-,55-/m0/s1.